The van der Waals surface area contributed by atoms with Gasteiger partial charge in [-0.05, 0) is 18.8 Å². The van der Waals surface area contributed by atoms with Crippen LogP contribution in [0.15, 0.2) is 11.0 Å². The summed E-state index contributed by atoms with van der Waals surface area (Å²) in [5.41, 5.74) is 0.0241. The Morgan fingerprint density at radius 2 is 2.40 bits per heavy atom. The first-order valence-electron chi connectivity index (χ1n) is 6.77. The predicted octanol–water partition coefficient (Wildman–Crippen LogP) is 1.12. The highest BCUT2D eigenvalue weighted by Crippen LogP contribution is 2.27. The van der Waals surface area contributed by atoms with Crippen molar-refractivity contribution in [3.63, 3.8) is 0 Å². The average Bonchev–Trinajstić information content (AvgIpc) is 2.39. The minimum atomic E-state index is -0.371. The van der Waals surface area contributed by atoms with Gasteiger partial charge in [0, 0.05) is 13.7 Å². The lowest BCUT2D eigenvalue weighted by Gasteiger charge is -2.25. The van der Waals surface area contributed by atoms with Crippen molar-refractivity contribution in [3.05, 3.63) is 21.6 Å². The Kier molecular flexibility index (Phi) is 5.39. The fourth-order valence-corrected chi connectivity index (χ4v) is 2.37. The number of aliphatic hydroxyl groups is 1. The van der Waals surface area contributed by atoms with E-state index in [1.807, 2.05) is 0 Å². The molecule has 0 amide bonds. The highest BCUT2D eigenvalue weighted by molar-refractivity contribution is 6.33. The van der Waals surface area contributed by atoms with E-state index in [4.69, 9.17) is 16.3 Å². The van der Waals surface area contributed by atoms with Gasteiger partial charge in [-0.25, -0.2) is 4.68 Å². The van der Waals surface area contributed by atoms with Crippen LogP contribution in [0.5, 0.6) is 0 Å². The summed E-state index contributed by atoms with van der Waals surface area (Å²) in [7, 11) is 1.54. The number of nitrogens with zero attached hydrogens (tertiary/aromatic N) is 2. The second-order valence-electron chi connectivity index (χ2n) is 5.13. The summed E-state index contributed by atoms with van der Waals surface area (Å²) < 4.78 is 6.42. The number of anilines is 1. The Morgan fingerprint density at radius 3 is 2.95 bits per heavy atom. The molecule has 1 aliphatic carbocycles. The molecule has 0 bridgehead atoms. The molecule has 0 radical (unpaired) electrons. The lowest BCUT2D eigenvalue weighted by Crippen LogP contribution is -2.35. The Labute approximate surface area is 122 Å². The zero-order valence-electron chi connectivity index (χ0n) is 11.5. The van der Waals surface area contributed by atoms with Gasteiger partial charge >= 0.3 is 0 Å². The van der Waals surface area contributed by atoms with Crippen molar-refractivity contribution in [1.29, 1.82) is 0 Å². The number of aromatic nitrogens is 2. The Balaban J connectivity index is 2.17. The first-order chi connectivity index (χ1) is 9.65. The average molecular weight is 302 g/mol. The van der Waals surface area contributed by atoms with Crippen LogP contribution in [0.2, 0.25) is 5.02 Å². The fourth-order valence-electron chi connectivity index (χ4n) is 2.19. The van der Waals surface area contributed by atoms with Gasteiger partial charge in [-0.2, -0.15) is 5.10 Å². The number of nitrogens with one attached hydrogen (secondary N) is 1. The van der Waals surface area contributed by atoms with Crippen LogP contribution < -0.4 is 10.9 Å². The first kappa shape index (κ1) is 15.3. The lowest BCUT2D eigenvalue weighted by atomic mass is 9.85. The molecule has 6 nitrogen and oxygen atoms in total. The highest BCUT2D eigenvalue weighted by Gasteiger charge is 2.21. The van der Waals surface area contributed by atoms with Gasteiger partial charge in [0.15, 0.2) is 0 Å². The largest absolute Gasteiger partial charge is 0.394 e. The van der Waals surface area contributed by atoms with E-state index in [0.29, 0.717) is 12.5 Å². The molecule has 2 N–H and O–H groups in total. The van der Waals surface area contributed by atoms with Crippen molar-refractivity contribution >= 4 is 17.3 Å². The number of ether oxygens (including phenoxy) is 1. The van der Waals surface area contributed by atoms with E-state index in [-0.39, 0.29) is 35.5 Å². The Morgan fingerprint density at radius 1 is 1.65 bits per heavy atom. The fraction of sp³-hybridized carbons (Fsp3) is 0.692. The van der Waals surface area contributed by atoms with Gasteiger partial charge in [-0.15, -0.1) is 0 Å². The summed E-state index contributed by atoms with van der Waals surface area (Å²) >= 11 is 6.03. The van der Waals surface area contributed by atoms with Crippen molar-refractivity contribution in [2.45, 2.75) is 31.8 Å². The molecule has 0 saturated heterocycles. The minimum Gasteiger partial charge on any atom is -0.394 e. The summed E-state index contributed by atoms with van der Waals surface area (Å²) in [6.45, 7) is 0.768. The molecule has 1 unspecified atom stereocenters. The second kappa shape index (κ2) is 7.06. The summed E-state index contributed by atoms with van der Waals surface area (Å²) in [6.07, 6.45) is 4.97. The predicted molar refractivity (Wildman–Crippen MR) is 77.2 cm³/mol. The third-order valence-electron chi connectivity index (χ3n) is 3.59. The van der Waals surface area contributed by atoms with Gasteiger partial charge in [0.25, 0.3) is 5.56 Å². The topological polar surface area (TPSA) is 76.4 Å². The molecule has 0 aromatic carbocycles. The summed E-state index contributed by atoms with van der Waals surface area (Å²) in [6, 6.07) is -0.371. The molecule has 7 heteroatoms. The SMILES string of the molecule is COCC(CO)Nc1c(Cl)cnn(CC2CCC2)c1=O. The van der Waals surface area contributed by atoms with Crippen molar-refractivity contribution in [1.82, 2.24) is 9.78 Å². The third kappa shape index (κ3) is 3.50. The van der Waals surface area contributed by atoms with Crippen LogP contribution in [0.25, 0.3) is 0 Å². The van der Waals surface area contributed by atoms with Crippen LogP contribution in [-0.4, -0.2) is 41.3 Å². The number of hydrogen-bond donors (Lipinski definition) is 2. The van der Waals surface area contributed by atoms with E-state index in [1.54, 1.807) is 0 Å². The van der Waals surface area contributed by atoms with Crippen LogP contribution >= 0.6 is 11.6 Å². The van der Waals surface area contributed by atoms with Gasteiger partial charge in [0.05, 0.1) is 30.5 Å². The van der Waals surface area contributed by atoms with Crippen molar-refractivity contribution in [2.75, 3.05) is 25.6 Å². The number of methoxy groups -OCH3 is 1. The van der Waals surface area contributed by atoms with E-state index in [2.05, 4.69) is 10.4 Å². The summed E-state index contributed by atoms with van der Waals surface area (Å²) in [5.74, 6) is 0.529. The molecule has 20 heavy (non-hydrogen) atoms. The zero-order valence-corrected chi connectivity index (χ0v) is 12.3. The van der Waals surface area contributed by atoms with E-state index in [0.717, 1.165) is 12.8 Å². The number of hydrogen-bond acceptors (Lipinski definition) is 5. The van der Waals surface area contributed by atoms with E-state index in [1.165, 1.54) is 24.4 Å². The maximum atomic E-state index is 12.4. The van der Waals surface area contributed by atoms with Crippen LogP contribution in [-0.2, 0) is 11.3 Å². The van der Waals surface area contributed by atoms with Gasteiger partial charge in [-0.3, -0.25) is 4.79 Å². The lowest BCUT2D eigenvalue weighted by molar-refractivity contribution is 0.153. The molecule has 112 valence electrons. The highest BCUT2D eigenvalue weighted by atomic mass is 35.5. The van der Waals surface area contributed by atoms with Gasteiger partial charge in [0.1, 0.15) is 5.69 Å². The van der Waals surface area contributed by atoms with Crippen LogP contribution in [0, 0.1) is 5.92 Å². The molecule has 1 saturated carbocycles. The third-order valence-corrected chi connectivity index (χ3v) is 3.88. The molecule has 1 aliphatic rings. The molecular formula is C13H20ClN3O3. The molecule has 2 rings (SSSR count). The van der Waals surface area contributed by atoms with Crippen LogP contribution in [0.1, 0.15) is 19.3 Å². The van der Waals surface area contributed by atoms with Gasteiger partial charge in [0.2, 0.25) is 0 Å². The van der Waals surface area contributed by atoms with E-state index < -0.39 is 0 Å². The molecule has 0 spiro atoms. The minimum absolute atomic E-state index is 0.144. The molecule has 1 aromatic rings. The molecule has 1 heterocycles. The monoisotopic (exact) mass is 301 g/mol. The Bertz CT molecular complexity index is 502. The molecule has 0 aliphatic heterocycles. The van der Waals surface area contributed by atoms with Crippen LogP contribution in [0.4, 0.5) is 5.69 Å². The second-order valence-corrected chi connectivity index (χ2v) is 5.54. The van der Waals surface area contributed by atoms with Gasteiger partial charge in [-0.1, -0.05) is 18.0 Å². The van der Waals surface area contributed by atoms with Crippen LogP contribution in [0.3, 0.4) is 0 Å². The van der Waals surface area contributed by atoms with E-state index in [9.17, 15) is 9.90 Å². The molecule has 1 atom stereocenters. The molecule has 1 aromatic heterocycles. The summed E-state index contributed by atoms with van der Waals surface area (Å²) in [5, 5.41) is 16.5. The quantitative estimate of drug-likeness (QED) is 0.789. The van der Waals surface area contributed by atoms with Gasteiger partial charge < -0.3 is 15.2 Å². The smallest absolute Gasteiger partial charge is 0.291 e. The standard InChI is InChI=1S/C13H20ClN3O3/c1-20-8-10(7-18)16-12-11(14)5-15-17(13(12)19)6-9-3-2-4-9/h5,9-10,16,18H,2-4,6-8H2,1H3. The first-order valence-corrected chi connectivity index (χ1v) is 7.15. The maximum absolute atomic E-state index is 12.4. The van der Waals surface area contributed by atoms with Crippen molar-refractivity contribution < 1.29 is 9.84 Å². The van der Waals surface area contributed by atoms with E-state index >= 15 is 0 Å². The Hall–Kier alpha value is -1.11. The molecular weight excluding hydrogens is 282 g/mol. The van der Waals surface area contributed by atoms with Crippen molar-refractivity contribution in [3.8, 4) is 0 Å². The number of aliphatic hydroxyl groups excluding tert-OH is 1. The molecule has 1 fully saturated rings. The zero-order chi connectivity index (χ0) is 14.5. The number of halogens is 1. The normalized spacial score (nSPS) is 16.8. The maximum Gasteiger partial charge on any atom is 0.291 e. The number of rotatable bonds is 7. The van der Waals surface area contributed by atoms with Crippen molar-refractivity contribution in [2.24, 2.45) is 5.92 Å². The summed E-state index contributed by atoms with van der Waals surface area (Å²) in [4.78, 5) is 12.4.